The highest BCUT2D eigenvalue weighted by atomic mass is 127. The zero-order chi connectivity index (χ0) is 27.9. The second kappa shape index (κ2) is 13.2. The Bertz CT molecular complexity index is 1350. The van der Waals surface area contributed by atoms with Crippen LogP contribution in [-0.2, 0) is 26.2 Å². The van der Waals surface area contributed by atoms with Crippen LogP contribution in [0.25, 0.3) is 0 Å². The number of rotatable bonds is 11. The first-order valence-electron chi connectivity index (χ1n) is 12.5. The standard InChI is InChI=1S/C29H34IN3O4S/c1-5-22(3)31-29(35)23(4)32(19-24-12-10-9-11-21(24)2)28(34)20-33(26-17-15-25(30)16-18-26)38(36,37)27-13-7-6-8-14-27/h6-18,22-23H,5,19-20H2,1-4H3,(H,31,35)/t22-,23+/m1/s1. The summed E-state index contributed by atoms with van der Waals surface area (Å²) in [5.41, 5.74) is 2.23. The van der Waals surface area contributed by atoms with Gasteiger partial charge in [-0.2, -0.15) is 0 Å². The zero-order valence-electron chi connectivity index (χ0n) is 22.1. The van der Waals surface area contributed by atoms with E-state index >= 15 is 0 Å². The molecule has 0 aliphatic carbocycles. The van der Waals surface area contributed by atoms with E-state index in [-0.39, 0.29) is 23.4 Å². The molecule has 202 valence electrons. The quantitative estimate of drug-likeness (QED) is 0.293. The van der Waals surface area contributed by atoms with Crippen molar-refractivity contribution < 1.29 is 18.0 Å². The summed E-state index contributed by atoms with van der Waals surface area (Å²) in [7, 11) is -4.06. The number of hydrogen-bond donors (Lipinski definition) is 1. The smallest absolute Gasteiger partial charge is 0.264 e. The number of benzene rings is 3. The molecule has 38 heavy (non-hydrogen) atoms. The second-order valence-corrected chi connectivity index (χ2v) is 12.4. The maximum atomic E-state index is 13.9. The Morgan fingerprint density at radius 2 is 1.53 bits per heavy atom. The summed E-state index contributed by atoms with van der Waals surface area (Å²) in [6, 6.07) is 21.8. The number of nitrogens with zero attached hydrogens (tertiary/aromatic N) is 2. The Morgan fingerprint density at radius 3 is 2.13 bits per heavy atom. The number of anilines is 1. The minimum Gasteiger partial charge on any atom is -0.352 e. The summed E-state index contributed by atoms with van der Waals surface area (Å²) in [4.78, 5) is 28.6. The van der Waals surface area contributed by atoms with E-state index < -0.39 is 28.5 Å². The predicted molar refractivity (Wildman–Crippen MR) is 159 cm³/mol. The van der Waals surface area contributed by atoms with E-state index in [1.165, 1.54) is 17.0 Å². The third-order valence-corrected chi connectivity index (χ3v) is 9.00. The summed E-state index contributed by atoms with van der Waals surface area (Å²) in [5.74, 6) is -0.758. The maximum Gasteiger partial charge on any atom is 0.264 e. The minimum absolute atomic E-state index is 0.0536. The SMILES string of the molecule is CC[C@@H](C)NC(=O)[C@H](C)N(Cc1ccccc1C)C(=O)CN(c1ccc(I)cc1)S(=O)(=O)c1ccccc1. The van der Waals surface area contributed by atoms with Crippen LogP contribution in [0.5, 0.6) is 0 Å². The van der Waals surface area contributed by atoms with Crippen molar-refractivity contribution in [2.24, 2.45) is 0 Å². The highest BCUT2D eigenvalue weighted by Crippen LogP contribution is 2.25. The summed E-state index contributed by atoms with van der Waals surface area (Å²) >= 11 is 2.14. The molecule has 0 saturated carbocycles. The minimum atomic E-state index is -4.06. The maximum absolute atomic E-state index is 13.9. The van der Waals surface area contributed by atoms with E-state index in [0.717, 1.165) is 25.4 Å². The number of sulfonamides is 1. The zero-order valence-corrected chi connectivity index (χ0v) is 25.1. The molecular weight excluding hydrogens is 613 g/mol. The summed E-state index contributed by atoms with van der Waals surface area (Å²) in [6.07, 6.45) is 0.750. The molecule has 2 amide bonds. The molecule has 0 aromatic heterocycles. The van der Waals surface area contributed by atoms with Gasteiger partial charge >= 0.3 is 0 Å². The van der Waals surface area contributed by atoms with Crippen LogP contribution in [0.1, 0.15) is 38.3 Å². The average molecular weight is 648 g/mol. The summed E-state index contributed by atoms with van der Waals surface area (Å²) < 4.78 is 29.6. The number of nitrogens with one attached hydrogen (secondary N) is 1. The van der Waals surface area contributed by atoms with Crippen LogP contribution in [0.3, 0.4) is 0 Å². The van der Waals surface area contributed by atoms with Gasteiger partial charge < -0.3 is 10.2 Å². The van der Waals surface area contributed by atoms with E-state index in [2.05, 4.69) is 27.9 Å². The van der Waals surface area contributed by atoms with Crippen molar-refractivity contribution in [1.29, 1.82) is 0 Å². The predicted octanol–water partition coefficient (Wildman–Crippen LogP) is 5.13. The monoisotopic (exact) mass is 647 g/mol. The molecular formula is C29H34IN3O4S. The lowest BCUT2D eigenvalue weighted by Crippen LogP contribution is -2.52. The van der Waals surface area contributed by atoms with Gasteiger partial charge in [0, 0.05) is 16.2 Å². The lowest BCUT2D eigenvalue weighted by atomic mass is 10.1. The van der Waals surface area contributed by atoms with Gasteiger partial charge in [-0.25, -0.2) is 8.42 Å². The molecule has 2 atom stereocenters. The fourth-order valence-corrected chi connectivity index (χ4v) is 5.67. The van der Waals surface area contributed by atoms with Crippen molar-refractivity contribution in [3.8, 4) is 0 Å². The second-order valence-electron chi connectivity index (χ2n) is 9.24. The molecule has 0 bridgehead atoms. The Labute approximate surface area is 239 Å². The molecule has 9 heteroatoms. The first-order valence-corrected chi connectivity index (χ1v) is 15.0. The van der Waals surface area contributed by atoms with Crippen LogP contribution in [0.2, 0.25) is 0 Å². The topological polar surface area (TPSA) is 86.8 Å². The van der Waals surface area contributed by atoms with Crippen molar-refractivity contribution in [3.63, 3.8) is 0 Å². The van der Waals surface area contributed by atoms with Crippen LogP contribution < -0.4 is 9.62 Å². The Morgan fingerprint density at radius 1 is 0.921 bits per heavy atom. The van der Waals surface area contributed by atoms with Gasteiger partial charge in [0.1, 0.15) is 12.6 Å². The molecule has 3 rings (SSSR count). The van der Waals surface area contributed by atoms with E-state index in [0.29, 0.717) is 5.69 Å². The molecule has 0 fully saturated rings. The number of aryl methyl sites for hydroxylation is 1. The normalized spacial score (nSPS) is 12.9. The van der Waals surface area contributed by atoms with Crippen LogP contribution in [0, 0.1) is 10.5 Å². The molecule has 7 nitrogen and oxygen atoms in total. The summed E-state index contributed by atoms with van der Waals surface area (Å²) in [5, 5.41) is 2.95. The molecule has 3 aromatic carbocycles. The largest absolute Gasteiger partial charge is 0.352 e. The van der Waals surface area contributed by atoms with Crippen molar-refractivity contribution in [2.45, 2.75) is 57.6 Å². The van der Waals surface area contributed by atoms with Crippen LogP contribution in [0.4, 0.5) is 5.69 Å². The number of halogens is 1. The van der Waals surface area contributed by atoms with Gasteiger partial charge in [-0.15, -0.1) is 0 Å². The third-order valence-electron chi connectivity index (χ3n) is 6.49. The number of carbonyl (C=O) groups is 2. The Kier molecular flexibility index (Phi) is 10.3. The van der Waals surface area contributed by atoms with Gasteiger partial charge in [0.05, 0.1) is 10.6 Å². The molecule has 0 spiro atoms. The number of hydrogen-bond acceptors (Lipinski definition) is 4. The van der Waals surface area contributed by atoms with Crippen molar-refractivity contribution >= 4 is 50.1 Å². The molecule has 0 aliphatic heterocycles. The van der Waals surface area contributed by atoms with E-state index in [4.69, 9.17) is 0 Å². The van der Waals surface area contributed by atoms with Crippen molar-refractivity contribution in [1.82, 2.24) is 10.2 Å². The fraction of sp³-hybridized carbons (Fsp3) is 0.310. The first kappa shape index (κ1) is 29.6. The molecule has 3 aromatic rings. The van der Waals surface area contributed by atoms with Gasteiger partial charge in [-0.3, -0.25) is 13.9 Å². The van der Waals surface area contributed by atoms with E-state index in [9.17, 15) is 18.0 Å². The lowest BCUT2D eigenvalue weighted by molar-refractivity contribution is -0.139. The van der Waals surface area contributed by atoms with E-state index in [1.54, 1.807) is 49.4 Å². The first-order chi connectivity index (χ1) is 18.0. The van der Waals surface area contributed by atoms with Crippen LogP contribution >= 0.6 is 22.6 Å². The Balaban J connectivity index is 2.02. The Hall–Kier alpha value is -2.92. The third kappa shape index (κ3) is 7.35. The molecule has 0 unspecified atom stereocenters. The molecule has 0 aliphatic rings. The van der Waals surface area contributed by atoms with Crippen LogP contribution in [0.15, 0.2) is 83.8 Å². The summed E-state index contributed by atoms with van der Waals surface area (Å²) in [6.45, 7) is 7.22. The van der Waals surface area contributed by atoms with Gasteiger partial charge in [0.2, 0.25) is 11.8 Å². The molecule has 0 heterocycles. The lowest BCUT2D eigenvalue weighted by Gasteiger charge is -2.32. The highest BCUT2D eigenvalue weighted by Gasteiger charge is 2.32. The van der Waals surface area contributed by atoms with E-state index in [1.807, 2.05) is 45.0 Å². The van der Waals surface area contributed by atoms with Crippen molar-refractivity contribution in [2.75, 3.05) is 10.8 Å². The van der Waals surface area contributed by atoms with Gasteiger partial charge in [0.25, 0.3) is 10.0 Å². The van der Waals surface area contributed by atoms with Crippen molar-refractivity contribution in [3.05, 3.63) is 93.6 Å². The number of amides is 2. The van der Waals surface area contributed by atoms with Crippen LogP contribution in [-0.4, -0.2) is 43.8 Å². The average Bonchev–Trinajstić information content (AvgIpc) is 2.91. The number of carbonyl (C=O) groups excluding carboxylic acids is 2. The molecule has 0 saturated heterocycles. The van der Waals surface area contributed by atoms with Gasteiger partial charge in [-0.1, -0.05) is 49.4 Å². The van der Waals surface area contributed by atoms with Gasteiger partial charge in [-0.05, 0) is 97.3 Å². The fourth-order valence-electron chi connectivity index (χ4n) is 3.87. The van der Waals surface area contributed by atoms with Gasteiger partial charge in [0.15, 0.2) is 0 Å². The molecule has 1 N–H and O–H groups in total. The molecule has 0 radical (unpaired) electrons. The highest BCUT2D eigenvalue weighted by molar-refractivity contribution is 14.1.